The lowest BCUT2D eigenvalue weighted by Crippen LogP contribution is -1.98. The Morgan fingerprint density at radius 1 is 1.11 bits per heavy atom. The maximum atomic E-state index is 5.99. The number of benzene rings is 1. The third-order valence-corrected chi connectivity index (χ3v) is 2.93. The second-order valence-electron chi connectivity index (χ2n) is 4.02. The largest absolute Gasteiger partial charge is 0.497 e. The third-order valence-electron chi connectivity index (χ3n) is 2.93. The number of nitrogen functional groups attached to an aromatic ring is 1. The van der Waals surface area contributed by atoms with Crippen LogP contribution in [0.2, 0.25) is 0 Å². The molecule has 0 bridgehead atoms. The van der Waals surface area contributed by atoms with Gasteiger partial charge in [0.25, 0.3) is 0 Å². The molecule has 0 aliphatic carbocycles. The van der Waals surface area contributed by atoms with Gasteiger partial charge in [-0.15, -0.1) is 0 Å². The van der Waals surface area contributed by atoms with Crippen LogP contribution >= 0.6 is 0 Å². The highest BCUT2D eigenvalue weighted by Gasteiger charge is 2.08. The number of methoxy groups -OCH3 is 1. The summed E-state index contributed by atoms with van der Waals surface area (Å²) in [7, 11) is 1.65. The average molecular weight is 239 g/mol. The number of pyridine rings is 1. The number of hydrogen-bond acceptors (Lipinski definition) is 3. The summed E-state index contributed by atoms with van der Waals surface area (Å²) >= 11 is 0. The van der Waals surface area contributed by atoms with Gasteiger partial charge in [0.2, 0.25) is 0 Å². The molecule has 4 heteroatoms. The monoisotopic (exact) mass is 239 g/mol. The van der Waals surface area contributed by atoms with Crippen LogP contribution in [0.4, 0.5) is 5.82 Å². The van der Waals surface area contributed by atoms with Crippen LogP contribution in [0.1, 0.15) is 0 Å². The number of imidazole rings is 1. The van der Waals surface area contributed by atoms with E-state index in [2.05, 4.69) is 4.98 Å². The number of ether oxygens (including phenoxy) is 1. The standard InChI is InChI=1S/C14H13N3O/c1-18-12-7-5-10(6-8-12)14-16-9-11-3-2-4-13(15)17(11)14/h2-9H,15H2,1H3. The highest BCUT2D eigenvalue weighted by atomic mass is 16.5. The first-order chi connectivity index (χ1) is 8.79. The van der Waals surface area contributed by atoms with Crippen LogP contribution in [-0.4, -0.2) is 16.5 Å². The van der Waals surface area contributed by atoms with Gasteiger partial charge < -0.3 is 10.5 Å². The van der Waals surface area contributed by atoms with E-state index >= 15 is 0 Å². The minimum atomic E-state index is 0.677. The quantitative estimate of drug-likeness (QED) is 0.747. The minimum absolute atomic E-state index is 0.677. The van der Waals surface area contributed by atoms with E-state index < -0.39 is 0 Å². The van der Waals surface area contributed by atoms with Crippen molar-refractivity contribution in [2.75, 3.05) is 12.8 Å². The number of nitrogens with two attached hydrogens (primary N) is 1. The summed E-state index contributed by atoms with van der Waals surface area (Å²) in [6.45, 7) is 0. The molecule has 2 heterocycles. The molecule has 4 nitrogen and oxygen atoms in total. The molecule has 0 spiro atoms. The van der Waals surface area contributed by atoms with Crippen LogP contribution in [-0.2, 0) is 0 Å². The van der Waals surface area contributed by atoms with E-state index in [0.29, 0.717) is 5.82 Å². The Morgan fingerprint density at radius 3 is 2.61 bits per heavy atom. The molecule has 0 radical (unpaired) electrons. The summed E-state index contributed by atoms with van der Waals surface area (Å²) in [5.41, 5.74) is 7.99. The molecule has 0 amide bonds. The number of fused-ring (bicyclic) bond motifs is 1. The number of aromatic nitrogens is 2. The fourth-order valence-electron chi connectivity index (χ4n) is 2.02. The normalized spacial score (nSPS) is 10.7. The lowest BCUT2D eigenvalue weighted by atomic mass is 10.2. The van der Waals surface area contributed by atoms with Crippen molar-refractivity contribution in [1.29, 1.82) is 0 Å². The van der Waals surface area contributed by atoms with E-state index in [4.69, 9.17) is 10.5 Å². The Bertz CT molecular complexity index is 686. The molecule has 0 saturated carbocycles. The molecule has 18 heavy (non-hydrogen) atoms. The minimum Gasteiger partial charge on any atom is -0.497 e. The molecule has 3 rings (SSSR count). The van der Waals surface area contributed by atoms with Crippen LogP contribution in [0.3, 0.4) is 0 Å². The predicted molar refractivity (Wildman–Crippen MR) is 71.6 cm³/mol. The van der Waals surface area contributed by atoms with Gasteiger partial charge in [-0.1, -0.05) is 6.07 Å². The highest BCUT2D eigenvalue weighted by Crippen LogP contribution is 2.24. The highest BCUT2D eigenvalue weighted by molar-refractivity contribution is 5.66. The predicted octanol–water partition coefficient (Wildman–Crippen LogP) is 2.59. The summed E-state index contributed by atoms with van der Waals surface area (Å²) in [5.74, 6) is 2.34. The Kier molecular flexibility index (Phi) is 2.41. The summed E-state index contributed by atoms with van der Waals surface area (Å²) in [5, 5.41) is 0. The molecule has 90 valence electrons. The van der Waals surface area contributed by atoms with E-state index in [-0.39, 0.29) is 0 Å². The van der Waals surface area contributed by atoms with Crippen molar-refractivity contribution in [3.63, 3.8) is 0 Å². The lowest BCUT2D eigenvalue weighted by Gasteiger charge is -2.05. The molecular formula is C14H13N3O. The van der Waals surface area contributed by atoms with Crippen molar-refractivity contribution in [2.45, 2.75) is 0 Å². The van der Waals surface area contributed by atoms with Gasteiger partial charge in [-0.25, -0.2) is 4.98 Å². The van der Waals surface area contributed by atoms with Gasteiger partial charge in [-0.2, -0.15) is 0 Å². The van der Waals surface area contributed by atoms with Crippen molar-refractivity contribution in [3.05, 3.63) is 48.7 Å². The van der Waals surface area contributed by atoms with Gasteiger partial charge in [0.1, 0.15) is 17.4 Å². The Labute approximate surface area is 105 Å². The van der Waals surface area contributed by atoms with Crippen molar-refractivity contribution in [3.8, 4) is 17.1 Å². The zero-order valence-corrected chi connectivity index (χ0v) is 10.00. The van der Waals surface area contributed by atoms with Crippen LogP contribution in [0.15, 0.2) is 48.7 Å². The van der Waals surface area contributed by atoms with Gasteiger partial charge in [-0.05, 0) is 36.4 Å². The summed E-state index contributed by atoms with van der Waals surface area (Å²) in [6, 6.07) is 13.5. The van der Waals surface area contributed by atoms with Crippen LogP contribution < -0.4 is 10.5 Å². The van der Waals surface area contributed by atoms with Crippen LogP contribution in [0.25, 0.3) is 16.9 Å². The summed E-state index contributed by atoms with van der Waals surface area (Å²) in [6.07, 6.45) is 1.82. The third kappa shape index (κ3) is 1.59. The van der Waals surface area contributed by atoms with Crippen molar-refractivity contribution in [2.24, 2.45) is 0 Å². The van der Waals surface area contributed by atoms with Crippen molar-refractivity contribution < 1.29 is 4.74 Å². The van der Waals surface area contributed by atoms with E-state index in [1.807, 2.05) is 53.1 Å². The molecule has 1 aromatic carbocycles. The molecule has 0 fully saturated rings. The van der Waals surface area contributed by atoms with Crippen LogP contribution in [0, 0.1) is 0 Å². The molecule has 2 aromatic heterocycles. The van der Waals surface area contributed by atoms with Gasteiger partial charge in [0.05, 0.1) is 18.8 Å². The lowest BCUT2D eigenvalue weighted by molar-refractivity contribution is 0.415. The molecule has 3 aromatic rings. The first kappa shape index (κ1) is 10.7. The van der Waals surface area contributed by atoms with E-state index in [0.717, 1.165) is 22.7 Å². The Morgan fingerprint density at radius 2 is 1.89 bits per heavy atom. The topological polar surface area (TPSA) is 52.5 Å². The average Bonchev–Trinajstić information content (AvgIpc) is 2.84. The maximum absolute atomic E-state index is 5.99. The number of anilines is 1. The fourth-order valence-corrected chi connectivity index (χ4v) is 2.02. The fraction of sp³-hybridized carbons (Fsp3) is 0.0714. The Hall–Kier alpha value is -2.49. The van der Waals surface area contributed by atoms with Gasteiger partial charge in [0.15, 0.2) is 0 Å². The molecule has 0 unspecified atom stereocenters. The van der Waals surface area contributed by atoms with Gasteiger partial charge >= 0.3 is 0 Å². The SMILES string of the molecule is COc1ccc(-c2ncc3cccc(N)n23)cc1. The van der Waals surface area contributed by atoms with E-state index in [1.165, 1.54) is 0 Å². The van der Waals surface area contributed by atoms with Gasteiger partial charge in [0, 0.05) is 5.56 Å². The molecule has 0 saturated heterocycles. The first-order valence-electron chi connectivity index (χ1n) is 5.66. The second kappa shape index (κ2) is 4.07. The summed E-state index contributed by atoms with van der Waals surface area (Å²) < 4.78 is 7.08. The molecular weight excluding hydrogens is 226 g/mol. The zero-order valence-electron chi connectivity index (χ0n) is 10.00. The van der Waals surface area contributed by atoms with Gasteiger partial charge in [-0.3, -0.25) is 4.40 Å². The molecule has 2 N–H and O–H groups in total. The van der Waals surface area contributed by atoms with Crippen molar-refractivity contribution in [1.82, 2.24) is 9.38 Å². The smallest absolute Gasteiger partial charge is 0.146 e. The van der Waals surface area contributed by atoms with E-state index in [9.17, 15) is 0 Å². The van der Waals surface area contributed by atoms with E-state index in [1.54, 1.807) is 7.11 Å². The first-order valence-corrected chi connectivity index (χ1v) is 5.66. The van der Waals surface area contributed by atoms with Crippen molar-refractivity contribution >= 4 is 11.3 Å². The number of hydrogen-bond donors (Lipinski definition) is 1. The number of nitrogens with zero attached hydrogens (tertiary/aromatic N) is 2. The molecule has 0 aliphatic heterocycles. The maximum Gasteiger partial charge on any atom is 0.146 e. The molecule has 0 atom stereocenters. The second-order valence-corrected chi connectivity index (χ2v) is 4.02. The van der Waals surface area contributed by atoms with Crippen LogP contribution in [0.5, 0.6) is 5.75 Å². The number of rotatable bonds is 2. The Balaban J connectivity index is 2.18. The summed E-state index contributed by atoms with van der Waals surface area (Å²) in [4.78, 5) is 4.42. The zero-order chi connectivity index (χ0) is 12.5. The molecule has 0 aliphatic rings.